The van der Waals surface area contributed by atoms with E-state index in [1.807, 2.05) is 29.6 Å². The zero-order valence-electron chi connectivity index (χ0n) is 15.4. The Morgan fingerprint density at radius 1 is 1.04 bits per heavy atom. The highest BCUT2D eigenvalue weighted by Gasteiger charge is 2.17. The van der Waals surface area contributed by atoms with E-state index in [0.29, 0.717) is 27.9 Å². The van der Waals surface area contributed by atoms with E-state index in [4.69, 9.17) is 14.2 Å². The summed E-state index contributed by atoms with van der Waals surface area (Å²) in [4.78, 5) is 17.0. The lowest BCUT2D eigenvalue weighted by molar-refractivity contribution is 0.0962. The maximum atomic E-state index is 12.5. The van der Waals surface area contributed by atoms with Gasteiger partial charge in [0.2, 0.25) is 10.9 Å². The molecule has 146 valence electrons. The molecule has 0 bridgehead atoms. The highest BCUT2D eigenvalue weighted by Crippen LogP contribution is 2.38. The number of anilines is 1. The number of amides is 1. The third-order valence-electron chi connectivity index (χ3n) is 3.85. The largest absolute Gasteiger partial charge is 0.493 e. The number of hydrazine groups is 1. The first kappa shape index (κ1) is 20.0. The average molecular weight is 464 g/mol. The molecule has 0 aliphatic heterocycles. The Hall–Kier alpha value is -2.78. The molecule has 0 atom stereocenters. The first-order valence-electron chi connectivity index (χ1n) is 8.13. The number of nitrogens with one attached hydrogen (secondary N) is 2. The Balaban J connectivity index is 1.71. The minimum Gasteiger partial charge on any atom is -0.493 e. The number of hydrogen-bond donors (Lipinski definition) is 2. The van der Waals surface area contributed by atoms with Crippen molar-refractivity contribution in [3.63, 3.8) is 0 Å². The van der Waals surface area contributed by atoms with Crippen LogP contribution in [0.15, 0.2) is 46.3 Å². The van der Waals surface area contributed by atoms with E-state index >= 15 is 0 Å². The summed E-state index contributed by atoms with van der Waals surface area (Å²) in [5.74, 6) is 0.866. The molecular formula is C19H18BrN3O4S. The molecular weight excluding hydrogens is 446 g/mol. The van der Waals surface area contributed by atoms with Gasteiger partial charge in [0, 0.05) is 21.0 Å². The van der Waals surface area contributed by atoms with Gasteiger partial charge in [0.15, 0.2) is 11.5 Å². The lowest BCUT2D eigenvalue weighted by atomic mass is 10.1. The summed E-state index contributed by atoms with van der Waals surface area (Å²) in [5.41, 5.74) is 7.63. The Morgan fingerprint density at radius 2 is 1.68 bits per heavy atom. The molecule has 9 heteroatoms. The topological polar surface area (TPSA) is 81.7 Å². The second-order valence-corrected chi connectivity index (χ2v) is 7.31. The first-order valence-corrected chi connectivity index (χ1v) is 9.80. The van der Waals surface area contributed by atoms with Crippen molar-refractivity contribution >= 4 is 38.3 Å². The summed E-state index contributed by atoms with van der Waals surface area (Å²) < 4.78 is 16.8. The predicted molar refractivity (Wildman–Crippen MR) is 112 cm³/mol. The van der Waals surface area contributed by atoms with Gasteiger partial charge in [-0.15, -0.1) is 11.3 Å². The number of benzene rings is 2. The van der Waals surface area contributed by atoms with Gasteiger partial charge in [0.25, 0.3) is 5.91 Å². The fourth-order valence-electron chi connectivity index (χ4n) is 2.48. The number of ether oxygens (including phenoxy) is 3. The molecule has 28 heavy (non-hydrogen) atoms. The van der Waals surface area contributed by atoms with Gasteiger partial charge in [0.1, 0.15) is 0 Å². The van der Waals surface area contributed by atoms with Crippen LogP contribution in [0.2, 0.25) is 0 Å². The second kappa shape index (κ2) is 8.94. The van der Waals surface area contributed by atoms with Crippen LogP contribution in [0.5, 0.6) is 17.2 Å². The standard InChI is InChI=1S/C19H18BrN3O4S/c1-25-15-8-12(9-16(26-2)17(15)27-3)18(24)22-23-19-21-14(10-28-19)11-4-6-13(20)7-5-11/h4-10H,1-3H3,(H,21,23)(H,22,24). The van der Waals surface area contributed by atoms with Crippen molar-refractivity contribution in [3.8, 4) is 28.5 Å². The number of methoxy groups -OCH3 is 3. The van der Waals surface area contributed by atoms with Crippen molar-refractivity contribution < 1.29 is 19.0 Å². The first-order chi connectivity index (χ1) is 13.5. The van der Waals surface area contributed by atoms with Gasteiger partial charge in [-0.25, -0.2) is 4.98 Å². The average Bonchev–Trinajstić information content (AvgIpc) is 3.20. The van der Waals surface area contributed by atoms with Crippen molar-refractivity contribution in [1.82, 2.24) is 10.4 Å². The van der Waals surface area contributed by atoms with Crippen molar-refractivity contribution in [1.29, 1.82) is 0 Å². The van der Waals surface area contributed by atoms with E-state index in [9.17, 15) is 4.79 Å². The molecule has 2 N–H and O–H groups in total. The van der Waals surface area contributed by atoms with Crippen molar-refractivity contribution in [3.05, 3.63) is 51.8 Å². The third kappa shape index (κ3) is 4.37. The van der Waals surface area contributed by atoms with Crippen LogP contribution in [0, 0.1) is 0 Å². The van der Waals surface area contributed by atoms with E-state index < -0.39 is 0 Å². The lowest BCUT2D eigenvalue weighted by Gasteiger charge is -2.14. The van der Waals surface area contributed by atoms with Gasteiger partial charge < -0.3 is 14.2 Å². The molecule has 1 heterocycles. The second-order valence-electron chi connectivity index (χ2n) is 5.54. The van der Waals surface area contributed by atoms with Crippen LogP contribution in [0.3, 0.4) is 0 Å². The summed E-state index contributed by atoms with van der Waals surface area (Å²) in [6, 6.07) is 11.0. The molecule has 0 fully saturated rings. The molecule has 1 aromatic heterocycles. The molecule has 0 saturated heterocycles. The Labute approximate surface area is 174 Å². The number of hydrogen-bond acceptors (Lipinski definition) is 7. The van der Waals surface area contributed by atoms with E-state index in [1.54, 1.807) is 12.1 Å². The summed E-state index contributed by atoms with van der Waals surface area (Å²) in [7, 11) is 4.50. The number of halogens is 1. The predicted octanol–water partition coefficient (Wildman–Crippen LogP) is 4.36. The maximum Gasteiger partial charge on any atom is 0.269 e. The smallest absolute Gasteiger partial charge is 0.269 e. The highest BCUT2D eigenvalue weighted by atomic mass is 79.9. The molecule has 0 radical (unpaired) electrons. The Morgan fingerprint density at radius 3 is 2.25 bits per heavy atom. The maximum absolute atomic E-state index is 12.5. The van der Waals surface area contributed by atoms with Crippen molar-refractivity contribution in [2.24, 2.45) is 0 Å². The minimum absolute atomic E-state index is 0.353. The van der Waals surface area contributed by atoms with E-state index in [-0.39, 0.29) is 5.91 Å². The molecule has 0 aliphatic carbocycles. The van der Waals surface area contributed by atoms with Gasteiger partial charge in [-0.05, 0) is 24.3 Å². The van der Waals surface area contributed by atoms with Gasteiger partial charge in [0.05, 0.1) is 27.0 Å². The number of nitrogens with zero attached hydrogens (tertiary/aromatic N) is 1. The summed E-state index contributed by atoms with van der Waals surface area (Å²) in [6.07, 6.45) is 0. The molecule has 0 aliphatic rings. The third-order valence-corrected chi connectivity index (χ3v) is 5.14. The summed E-state index contributed by atoms with van der Waals surface area (Å²) >= 11 is 4.80. The van der Waals surface area contributed by atoms with Crippen LogP contribution in [-0.2, 0) is 0 Å². The molecule has 7 nitrogen and oxygen atoms in total. The van der Waals surface area contributed by atoms with Crippen molar-refractivity contribution in [2.45, 2.75) is 0 Å². The SMILES string of the molecule is COc1cc(C(=O)NNc2nc(-c3ccc(Br)cc3)cs2)cc(OC)c1OC. The zero-order chi connectivity index (χ0) is 20.1. The summed E-state index contributed by atoms with van der Waals surface area (Å²) in [6.45, 7) is 0. The molecule has 0 saturated carbocycles. The molecule has 3 rings (SSSR count). The minimum atomic E-state index is -0.361. The number of aromatic nitrogens is 1. The fraction of sp³-hybridized carbons (Fsp3) is 0.158. The van der Waals surface area contributed by atoms with Gasteiger partial charge in [-0.1, -0.05) is 28.1 Å². The van der Waals surface area contributed by atoms with Gasteiger partial charge in [-0.3, -0.25) is 15.6 Å². The molecule has 3 aromatic rings. The summed E-state index contributed by atoms with van der Waals surface area (Å²) in [5, 5.41) is 2.48. The quantitative estimate of drug-likeness (QED) is 0.506. The lowest BCUT2D eigenvalue weighted by Crippen LogP contribution is -2.29. The normalized spacial score (nSPS) is 10.3. The number of rotatable bonds is 7. The Kier molecular flexibility index (Phi) is 6.37. The van der Waals surface area contributed by atoms with Crippen molar-refractivity contribution in [2.75, 3.05) is 26.8 Å². The van der Waals surface area contributed by atoms with Gasteiger partial charge >= 0.3 is 0 Å². The molecule has 0 spiro atoms. The molecule has 2 aromatic carbocycles. The van der Waals surface area contributed by atoms with Crippen LogP contribution >= 0.6 is 27.3 Å². The fourth-order valence-corrected chi connectivity index (χ4v) is 3.42. The van der Waals surface area contributed by atoms with Crippen LogP contribution in [0.4, 0.5) is 5.13 Å². The zero-order valence-corrected chi connectivity index (χ0v) is 17.8. The van der Waals surface area contributed by atoms with Crippen LogP contribution in [0.25, 0.3) is 11.3 Å². The van der Waals surface area contributed by atoms with Crippen LogP contribution in [0.1, 0.15) is 10.4 Å². The molecule has 0 unspecified atom stereocenters. The number of thiazole rings is 1. The Bertz CT molecular complexity index is 951. The van der Waals surface area contributed by atoms with E-state index in [0.717, 1.165) is 15.7 Å². The van der Waals surface area contributed by atoms with E-state index in [1.165, 1.54) is 32.7 Å². The van der Waals surface area contributed by atoms with Crippen LogP contribution < -0.4 is 25.1 Å². The number of carbonyl (C=O) groups excluding carboxylic acids is 1. The number of carbonyl (C=O) groups is 1. The monoisotopic (exact) mass is 463 g/mol. The highest BCUT2D eigenvalue weighted by molar-refractivity contribution is 9.10. The van der Waals surface area contributed by atoms with E-state index in [2.05, 4.69) is 31.8 Å². The molecule has 1 amide bonds. The van der Waals surface area contributed by atoms with Crippen LogP contribution in [-0.4, -0.2) is 32.2 Å². The van der Waals surface area contributed by atoms with Gasteiger partial charge in [-0.2, -0.15) is 0 Å².